The van der Waals surface area contributed by atoms with Gasteiger partial charge in [0, 0.05) is 37.2 Å². The van der Waals surface area contributed by atoms with Crippen molar-refractivity contribution >= 4 is 0 Å². The molecule has 1 aliphatic carbocycles. The molecule has 0 aromatic carbocycles. The molecule has 0 saturated heterocycles. The van der Waals surface area contributed by atoms with Crippen LogP contribution in [0.4, 0.5) is 0 Å². The van der Waals surface area contributed by atoms with Gasteiger partial charge in [-0.3, -0.25) is 0 Å². The van der Waals surface area contributed by atoms with Crippen molar-refractivity contribution in [2.24, 2.45) is 11.8 Å². The molecule has 3 atom stereocenters. The molecular formula is C16H27N3. The lowest BCUT2D eigenvalue weighted by Crippen LogP contribution is -2.27. The second kappa shape index (κ2) is 4.93. The van der Waals surface area contributed by atoms with Gasteiger partial charge in [0.05, 0.1) is 5.69 Å². The lowest BCUT2D eigenvalue weighted by atomic mass is 9.96. The maximum Gasteiger partial charge on any atom is 0.112 e. The monoisotopic (exact) mass is 261 g/mol. The van der Waals surface area contributed by atoms with E-state index in [4.69, 9.17) is 4.98 Å². The van der Waals surface area contributed by atoms with Crippen LogP contribution in [-0.4, -0.2) is 16.1 Å². The Morgan fingerprint density at radius 2 is 2.05 bits per heavy atom. The van der Waals surface area contributed by atoms with E-state index < -0.39 is 0 Å². The first-order valence-corrected chi connectivity index (χ1v) is 7.90. The maximum atomic E-state index is 4.95. The van der Waals surface area contributed by atoms with Gasteiger partial charge < -0.3 is 9.88 Å². The van der Waals surface area contributed by atoms with Crippen LogP contribution < -0.4 is 5.32 Å². The summed E-state index contributed by atoms with van der Waals surface area (Å²) in [6, 6.07) is 0.682. The number of rotatable bonds is 2. The minimum absolute atomic E-state index is 0.522. The molecule has 3 nitrogen and oxygen atoms in total. The number of hydrogen-bond acceptors (Lipinski definition) is 2. The molecule has 1 N–H and O–H groups in total. The second-order valence-electron chi connectivity index (χ2n) is 6.80. The van der Waals surface area contributed by atoms with Crippen molar-refractivity contribution in [3.05, 3.63) is 17.2 Å². The van der Waals surface area contributed by atoms with Crippen LogP contribution in [0, 0.1) is 11.8 Å². The lowest BCUT2D eigenvalue weighted by Gasteiger charge is -2.26. The predicted octanol–water partition coefficient (Wildman–Crippen LogP) is 3.26. The molecule has 3 rings (SSSR count). The fourth-order valence-electron chi connectivity index (χ4n) is 3.83. The molecule has 1 aliphatic heterocycles. The van der Waals surface area contributed by atoms with Crippen molar-refractivity contribution in [3.8, 4) is 0 Å². The molecule has 3 heteroatoms. The molecule has 1 aromatic heterocycles. The Hall–Kier alpha value is -0.830. The van der Waals surface area contributed by atoms with Gasteiger partial charge in [-0.05, 0) is 24.7 Å². The molecule has 2 heterocycles. The SMILES string of the molecule is CC(C)c1nc2c(n1C1CCC(C)C1C)CCNC2. The van der Waals surface area contributed by atoms with Gasteiger partial charge in [0.2, 0.25) is 0 Å². The zero-order chi connectivity index (χ0) is 13.6. The number of aromatic nitrogens is 2. The van der Waals surface area contributed by atoms with Crippen molar-refractivity contribution in [3.63, 3.8) is 0 Å². The van der Waals surface area contributed by atoms with Gasteiger partial charge in [-0.1, -0.05) is 27.7 Å². The van der Waals surface area contributed by atoms with Crippen molar-refractivity contribution in [1.82, 2.24) is 14.9 Å². The Bertz CT molecular complexity index is 461. The molecule has 19 heavy (non-hydrogen) atoms. The third-order valence-corrected chi connectivity index (χ3v) is 5.22. The lowest BCUT2D eigenvalue weighted by molar-refractivity contribution is 0.335. The van der Waals surface area contributed by atoms with Crippen LogP contribution in [0.15, 0.2) is 0 Å². The van der Waals surface area contributed by atoms with Gasteiger partial charge in [0.15, 0.2) is 0 Å². The van der Waals surface area contributed by atoms with Crippen LogP contribution in [0.3, 0.4) is 0 Å². The number of imidazole rings is 1. The molecule has 0 amide bonds. The minimum Gasteiger partial charge on any atom is -0.328 e. The Labute approximate surface area is 116 Å². The average Bonchev–Trinajstić information content (AvgIpc) is 2.92. The standard InChI is InChI=1S/C16H27N3/c1-10(2)16-18-13-9-17-8-7-15(13)19(16)14-6-5-11(3)12(14)4/h10-12,14,17H,5-9H2,1-4H3. The van der Waals surface area contributed by atoms with Gasteiger partial charge in [-0.2, -0.15) is 0 Å². The van der Waals surface area contributed by atoms with E-state index in [0.717, 1.165) is 31.3 Å². The fraction of sp³-hybridized carbons (Fsp3) is 0.812. The Kier molecular flexibility index (Phi) is 3.42. The van der Waals surface area contributed by atoms with E-state index in [1.165, 1.54) is 30.1 Å². The van der Waals surface area contributed by atoms with E-state index in [-0.39, 0.29) is 0 Å². The highest BCUT2D eigenvalue weighted by molar-refractivity contribution is 5.23. The van der Waals surface area contributed by atoms with Crippen molar-refractivity contribution in [1.29, 1.82) is 0 Å². The van der Waals surface area contributed by atoms with E-state index >= 15 is 0 Å². The van der Waals surface area contributed by atoms with Crippen LogP contribution in [0.5, 0.6) is 0 Å². The van der Waals surface area contributed by atoms with Gasteiger partial charge in [-0.25, -0.2) is 4.98 Å². The number of nitrogens with zero attached hydrogens (tertiary/aromatic N) is 2. The predicted molar refractivity (Wildman–Crippen MR) is 78.3 cm³/mol. The third-order valence-electron chi connectivity index (χ3n) is 5.22. The molecule has 1 fully saturated rings. The summed E-state index contributed by atoms with van der Waals surface area (Å²) in [7, 11) is 0. The van der Waals surface area contributed by atoms with Crippen LogP contribution in [0.2, 0.25) is 0 Å². The van der Waals surface area contributed by atoms with Gasteiger partial charge >= 0.3 is 0 Å². The van der Waals surface area contributed by atoms with E-state index in [0.29, 0.717) is 12.0 Å². The molecule has 0 radical (unpaired) electrons. The smallest absolute Gasteiger partial charge is 0.112 e. The van der Waals surface area contributed by atoms with E-state index in [9.17, 15) is 0 Å². The maximum absolute atomic E-state index is 4.95. The van der Waals surface area contributed by atoms with Crippen LogP contribution in [-0.2, 0) is 13.0 Å². The molecule has 0 spiro atoms. The van der Waals surface area contributed by atoms with E-state index in [1.807, 2.05) is 0 Å². The van der Waals surface area contributed by atoms with Crippen molar-refractivity contribution in [2.75, 3.05) is 6.54 Å². The van der Waals surface area contributed by atoms with Crippen molar-refractivity contribution in [2.45, 2.75) is 65.5 Å². The van der Waals surface area contributed by atoms with Gasteiger partial charge in [0.25, 0.3) is 0 Å². The summed E-state index contributed by atoms with van der Waals surface area (Å²) in [6.45, 7) is 11.5. The normalized spacial score (nSPS) is 30.9. The van der Waals surface area contributed by atoms with Crippen LogP contribution in [0.1, 0.15) is 69.7 Å². The topological polar surface area (TPSA) is 29.9 Å². The summed E-state index contributed by atoms with van der Waals surface area (Å²) in [5.41, 5.74) is 2.83. The third kappa shape index (κ3) is 2.12. The van der Waals surface area contributed by atoms with E-state index in [2.05, 4.69) is 37.6 Å². The highest BCUT2D eigenvalue weighted by atomic mass is 15.2. The largest absolute Gasteiger partial charge is 0.328 e. The van der Waals surface area contributed by atoms with Crippen molar-refractivity contribution < 1.29 is 0 Å². The minimum atomic E-state index is 0.522. The van der Waals surface area contributed by atoms with Gasteiger partial charge in [-0.15, -0.1) is 0 Å². The van der Waals surface area contributed by atoms with Crippen LogP contribution in [0.25, 0.3) is 0 Å². The molecule has 1 aromatic rings. The highest BCUT2D eigenvalue weighted by Gasteiger charge is 2.35. The van der Waals surface area contributed by atoms with Crippen LogP contribution >= 0.6 is 0 Å². The summed E-state index contributed by atoms with van der Waals surface area (Å²) < 4.78 is 2.63. The zero-order valence-electron chi connectivity index (χ0n) is 12.7. The first kappa shape index (κ1) is 13.2. The first-order chi connectivity index (χ1) is 9.09. The summed E-state index contributed by atoms with van der Waals surface area (Å²) in [6.07, 6.45) is 3.85. The highest BCUT2D eigenvalue weighted by Crippen LogP contribution is 2.42. The number of nitrogens with one attached hydrogen (secondary N) is 1. The Balaban J connectivity index is 2.05. The number of fused-ring (bicyclic) bond motifs is 1. The number of hydrogen-bond donors (Lipinski definition) is 1. The van der Waals surface area contributed by atoms with Gasteiger partial charge in [0.1, 0.15) is 5.82 Å². The Morgan fingerprint density at radius 1 is 1.26 bits per heavy atom. The summed E-state index contributed by atoms with van der Waals surface area (Å²) in [5, 5.41) is 3.46. The molecule has 3 unspecified atom stereocenters. The average molecular weight is 261 g/mol. The molecular weight excluding hydrogens is 234 g/mol. The molecule has 0 bridgehead atoms. The molecule has 1 saturated carbocycles. The van der Waals surface area contributed by atoms with E-state index in [1.54, 1.807) is 0 Å². The summed E-state index contributed by atoms with van der Waals surface area (Å²) >= 11 is 0. The quantitative estimate of drug-likeness (QED) is 0.885. The first-order valence-electron chi connectivity index (χ1n) is 7.90. The molecule has 106 valence electrons. The Morgan fingerprint density at radius 3 is 2.68 bits per heavy atom. The zero-order valence-corrected chi connectivity index (χ0v) is 12.7. The fourth-order valence-corrected chi connectivity index (χ4v) is 3.83. The second-order valence-corrected chi connectivity index (χ2v) is 6.80. The summed E-state index contributed by atoms with van der Waals surface area (Å²) in [4.78, 5) is 4.95. The summed E-state index contributed by atoms with van der Waals surface area (Å²) in [5.74, 6) is 3.48. The molecule has 2 aliphatic rings.